The lowest BCUT2D eigenvalue weighted by Gasteiger charge is -2.19. The fraction of sp³-hybridized carbons (Fsp3) is 0.556. The van der Waals surface area contributed by atoms with Crippen LogP contribution in [0.3, 0.4) is 0 Å². The summed E-state index contributed by atoms with van der Waals surface area (Å²) in [5.74, 6) is 1.11. The Morgan fingerprint density at radius 3 is 2.69 bits per heavy atom. The molecule has 0 unspecified atom stereocenters. The Hall–Kier alpha value is -1.32. The van der Waals surface area contributed by atoms with Crippen LogP contribution in [0.2, 0.25) is 0 Å². The summed E-state index contributed by atoms with van der Waals surface area (Å²) in [6.45, 7) is 5.60. The normalized spacial score (nSPS) is 12.9. The van der Waals surface area contributed by atoms with Crippen LogP contribution in [0.5, 0.6) is 0 Å². The molecule has 0 aliphatic carbocycles. The summed E-state index contributed by atoms with van der Waals surface area (Å²) in [5, 5.41) is 2.85. The maximum absolute atomic E-state index is 10.9. The molecule has 0 aromatic carbocycles. The van der Waals surface area contributed by atoms with Crippen molar-refractivity contribution in [3.8, 4) is 0 Å². The third kappa shape index (κ3) is 2.57. The van der Waals surface area contributed by atoms with Gasteiger partial charge in [0.1, 0.15) is 5.82 Å². The first kappa shape index (κ1) is 9.77. The molecule has 1 heterocycles. The van der Waals surface area contributed by atoms with E-state index in [4.69, 9.17) is 0 Å². The van der Waals surface area contributed by atoms with E-state index in [2.05, 4.69) is 15.3 Å². The van der Waals surface area contributed by atoms with Gasteiger partial charge in [-0.25, -0.2) is 4.98 Å². The topological polar surface area (TPSA) is 57.8 Å². The molecule has 0 aliphatic rings. The van der Waals surface area contributed by atoms with E-state index in [9.17, 15) is 4.79 Å². The van der Waals surface area contributed by atoms with Crippen molar-refractivity contribution in [1.29, 1.82) is 0 Å². The standard InChI is InChI=1S/C9H15N3O/c1-6(2)8(12-7(3)13)9-10-4-5-11-9/h4-6,8H,1-3H3,(H,10,11)(H,12,13)/t8-/m0/s1. The second-order valence-electron chi connectivity index (χ2n) is 3.40. The number of aromatic nitrogens is 2. The summed E-state index contributed by atoms with van der Waals surface area (Å²) in [6, 6.07) is -0.0208. The first-order chi connectivity index (χ1) is 6.11. The van der Waals surface area contributed by atoms with Crippen LogP contribution in [-0.4, -0.2) is 15.9 Å². The number of nitrogens with zero attached hydrogens (tertiary/aromatic N) is 1. The summed E-state index contributed by atoms with van der Waals surface area (Å²) in [5.41, 5.74) is 0. The largest absolute Gasteiger partial charge is 0.347 e. The summed E-state index contributed by atoms with van der Waals surface area (Å²) >= 11 is 0. The third-order valence-corrected chi connectivity index (χ3v) is 1.84. The van der Waals surface area contributed by atoms with Gasteiger partial charge in [-0.2, -0.15) is 0 Å². The number of nitrogens with one attached hydrogen (secondary N) is 2. The lowest BCUT2D eigenvalue weighted by Crippen LogP contribution is -2.30. The summed E-state index contributed by atoms with van der Waals surface area (Å²) in [4.78, 5) is 18.0. The molecule has 0 saturated carbocycles. The minimum Gasteiger partial charge on any atom is -0.347 e. The predicted molar refractivity (Wildman–Crippen MR) is 50.0 cm³/mol. The van der Waals surface area contributed by atoms with Crippen LogP contribution in [-0.2, 0) is 4.79 Å². The Bertz CT molecular complexity index is 266. The van der Waals surface area contributed by atoms with Gasteiger partial charge in [0.25, 0.3) is 0 Å². The van der Waals surface area contributed by atoms with Gasteiger partial charge in [-0.3, -0.25) is 4.79 Å². The van der Waals surface area contributed by atoms with Crippen LogP contribution in [0.25, 0.3) is 0 Å². The molecule has 1 atom stereocenters. The lowest BCUT2D eigenvalue weighted by molar-refractivity contribution is -0.120. The van der Waals surface area contributed by atoms with Gasteiger partial charge in [-0.15, -0.1) is 0 Å². The van der Waals surface area contributed by atoms with E-state index in [1.165, 1.54) is 6.92 Å². The molecular weight excluding hydrogens is 166 g/mol. The Kier molecular flexibility index (Phi) is 3.06. The number of imidazole rings is 1. The SMILES string of the molecule is CC(=O)N[C@H](c1ncc[nH]1)C(C)C. The van der Waals surface area contributed by atoms with Crippen molar-refractivity contribution in [2.75, 3.05) is 0 Å². The Morgan fingerprint density at radius 2 is 2.31 bits per heavy atom. The highest BCUT2D eigenvalue weighted by Gasteiger charge is 2.18. The smallest absolute Gasteiger partial charge is 0.217 e. The van der Waals surface area contributed by atoms with Gasteiger partial charge in [0.15, 0.2) is 0 Å². The average Bonchev–Trinajstić information content (AvgIpc) is 2.50. The quantitative estimate of drug-likeness (QED) is 0.737. The van der Waals surface area contributed by atoms with Crippen molar-refractivity contribution in [1.82, 2.24) is 15.3 Å². The minimum atomic E-state index is -0.0323. The second kappa shape index (κ2) is 4.07. The van der Waals surface area contributed by atoms with Crippen molar-refractivity contribution in [2.45, 2.75) is 26.8 Å². The maximum atomic E-state index is 10.9. The molecule has 0 bridgehead atoms. The number of hydrogen-bond acceptors (Lipinski definition) is 2. The molecule has 1 rings (SSSR count). The third-order valence-electron chi connectivity index (χ3n) is 1.84. The molecule has 1 amide bonds. The van der Waals surface area contributed by atoms with Crippen molar-refractivity contribution in [2.24, 2.45) is 5.92 Å². The average molecular weight is 181 g/mol. The number of hydrogen-bond donors (Lipinski definition) is 2. The van der Waals surface area contributed by atoms with E-state index in [1.54, 1.807) is 12.4 Å². The molecule has 13 heavy (non-hydrogen) atoms. The Balaban J connectivity index is 2.74. The molecular formula is C9H15N3O. The van der Waals surface area contributed by atoms with Crippen LogP contribution < -0.4 is 5.32 Å². The highest BCUT2D eigenvalue weighted by molar-refractivity contribution is 5.73. The number of carbonyl (C=O) groups excluding carboxylic acids is 1. The predicted octanol–water partition coefficient (Wildman–Crippen LogP) is 1.24. The first-order valence-electron chi connectivity index (χ1n) is 4.37. The van der Waals surface area contributed by atoms with Crippen molar-refractivity contribution in [3.63, 3.8) is 0 Å². The summed E-state index contributed by atoms with van der Waals surface area (Å²) in [7, 11) is 0. The first-order valence-corrected chi connectivity index (χ1v) is 4.37. The van der Waals surface area contributed by atoms with E-state index in [0.29, 0.717) is 5.92 Å². The molecule has 72 valence electrons. The minimum absolute atomic E-state index is 0.0208. The molecule has 0 spiro atoms. The van der Waals surface area contributed by atoms with Crippen LogP contribution >= 0.6 is 0 Å². The number of carbonyl (C=O) groups is 1. The van der Waals surface area contributed by atoms with E-state index in [-0.39, 0.29) is 11.9 Å². The highest BCUT2D eigenvalue weighted by Crippen LogP contribution is 2.17. The van der Waals surface area contributed by atoms with Crippen molar-refractivity contribution >= 4 is 5.91 Å². The van der Waals surface area contributed by atoms with Crippen molar-refractivity contribution in [3.05, 3.63) is 18.2 Å². The van der Waals surface area contributed by atoms with Crippen LogP contribution in [0.15, 0.2) is 12.4 Å². The van der Waals surface area contributed by atoms with Gasteiger partial charge < -0.3 is 10.3 Å². The number of H-pyrrole nitrogens is 1. The van der Waals surface area contributed by atoms with Crippen LogP contribution in [0.4, 0.5) is 0 Å². The summed E-state index contributed by atoms with van der Waals surface area (Å²) < 4.78 is 0. The van der Waals surface area contributed by atoms with Gasteiger partial charge in [0, 0.05) is 19.3 Å². The van der Waals surface area contributed by atoms with Gasteiger partial charge in [-0.1, -0.05) is 13.8 Å². The van der Waals surface area contributed by atoms with Crippen LogP contribution in [0, 0.1) is 5.92 Å². The molecule has 0 fully saturated rings. The molecule has 0 saturated heterocycles. The van der Waals surface area contributed by atoms with Gasteiger partial charge in [0.05, 0.1) is 6.04 Å². The number of rotatable bonds is 3. The van der Waals surface area contributed by atoms with E-state index in [1.807, 2.05) is 13.8 Å². The van der Waals surface area contributed by atoms with Gasteiger partial charge in [-0.05, 0) is 5.92 Å². The zero-order chi connectivity index (χ0) is 9.84. The van der Waals surface area contributed by atoms with E-state index < -0.39 is 0 Å². The van der Waals surface area contributed by atoms with Crippen molar-refractivity contribution < 1.29 is 4.79 Å². The Morgan fingerprint density at radius 1 is 1.62 bits per heavy atom. The van der Waals surface area contributed by atoms with Gasteiger partial charge in [0.2, 0.25) is 5.91 Å². The van der Waals surface area contributed by atoms with E-state index >= 15 is 0 Å². The molecule has 0 radical (unpaired) electrons. The molecule has 1 aromatic heterocycles. The monoisotopic (exact) mass is 181 g/mol. The van der Waals surface area contributed by atoms with Crippen LogP contribution in [0.1, 0.15) is 32.6 Å². The summed E-state index contributed by atoms with van der Waals surface area (Å²) in [6.07, 6.45) is 3.44. The zero-order valence-electron chi connectivity index (χ0n) is 8.16. The second-order valence-corrected chi connectivity index (χ2v) is 3.40. The number of aromatic amines is 1. The molecule has 1 aromatic rings. The molecule has 4 heteroatoms. The fourth-order valence-corrected chi connectivity index (χ4v) is 1.22. The lowest BCUT2D eigenvalue weighted by atomic mass is 10.0. The van der Waals surface area contributed by atoms with Gasteiger partial charge >= 0.3 is 0 Å². The highest BCUT2D eigenvalue weighted by atomic mass is 16.1. The fourth-order valence-electron chi connectivity index (χ4n) is 1.22. The number of amides is 1. The zero-order valence-corrected chi connectivity index (χ0v) is 8.16. The maximum Gasteiger partial charge on any atom is 0.217 e. The Labute approximate surface area is 77.8 Å². The van der Waals surface area contributed by atoms with E-state index in [0.717, 1.165) is 5.82 Å². The molecule has 0 aliphatic heterocycles. The molecule has 2 N–H and O–H groups in total. The molecule has 4 nitrogen and oxygen atoms in total.